The van der Waals surface area contributed by atoms with Crippen LogP contribution in [0.3, 0.4) is 0 Å². The van der Waals surface area contributed by atoms with Crippen molar-refractivity contribution in [2.45, 2.75) is 68.7 Å². The van der Waals surface area contributed by atoms with Gasteiger partial charge in [0, 0.05) is 55.5 Å². The van der Waals surface area contributed by atoms with E-state index in [1.807, 2.05) is 36.4 Å². The van der Waals surface area contributed by atoms with Crippen molar-refractivity contribution in [3.05, 3.63) is 434 Å². The molecule has 6 heteroatoms. The highest BCUT2D eigenvalue weighted by molar-refractivity contribution is 5.91. The Balaban J connectivity index is 0.000000118. The number of hydrogen-bond acceptors (Lipinski definition) is 6. The lowest BCUT2D eigenvalue weighted by atomic mass is 9.67. The predicted molar refractivity (Wildman–Crippen MR) is 468 cm³/mol. The molecular weight excluding hydrogens is 1420 g/mol. The minimum atomic E-state index is -0.662. The van der Waals surface area contributed by atoms with Crippen molar-refractivity contribution in [2.24, 2.45) is 0 Å². The third-order valence-corrected chi connectivity index (χ3v) is 24.5. The van der Waals surface area contributed by atoms with Gasteiger partial charge < -0.3 is 28.4 Å². The van der Waals surface area contributed by atoms with Crippen molar-refractivity contribution in [2.75, 3.05) is 19.8 Å². The summed E-state index contributed by atoms with van der Waals surface area (Å²) in [5.41, 5.74) is 31.4. The number of rotatable bonds is 12. The summed E-state index contributed by atoms with van der Waals surface area (Å²) in [5, 5.41) is 0. The van der Waals surface area contributed by atoms with E-state index in [9.17, 15) is 0 Å². The molecule has 14 aromatic carbocycles. The van der Waals surface area contributed by atoms with Gasteiger partial charge in [0.25, 0.3) is 0 Å². The van der Waals surface area contributed by atoms with E-state index in [4.69, 9.17) is 47.7 Å². The van der Waals surface area contributed by atoms with Crippen LogP contribution in [0, 0.1) is 37.0 Å². The van der Waals surface area contributed by atoms with Crippen molar-refractivity contribution < 1.29 is 28.4 Å². The normalized spacial score (nSPS) is 14.8. The molecule has 3 spiro atoms. The summed E-state index contributed by atoms with van der Waals surface area (Å²) in [7, 11) is 0. The summed E-state index contributed by atoms with van der Waals surface area (Å²) in [5.74, 6) is 12.6. The fraction of sp³-hybridized carbons (Fsp3) is 0.127. The minimum Gasteiger partial charge on any atom is -0.481 e. The number of ether oxygens (including phenoxy) is 6. The Kier molecular flexibility index (Phi) is 17.9. The van der Waals surface area contributed by atoms with Crippen LogP contribution in [0.4, 0.5) is 0 Å². The zero-order chi connectivity index (χ0) is 78.9. The van der Waals surface area contributed by atoms with E-state index in [1.165, 1.54) is 139 Å². The van der Waals surface area contributed by atoms with Gasteiger partial charge in [-0.15, -0.1) is 19.3 Å². The summed E-state index contributed by atoms with van der Waals surface area (Å²) in [6, 6.07) is 114. The van der Waals surface area contributed by atoms with E-state index in [0.717, 1.165) is 57.6 Å². The average Bonchev–Trinajstić information content (AvgIpc) is 1.53. The predicted octanol–water partition coefficient (Wildman–Crippen LogP) is 24.5. The van der Waals surface area contributed by atoms with Crippen LogP contribution in [0.15, 0.2) is 340 Å². The lowest BCUT2D eigenvalue weighted by molar-refractivity contribution is 0.164. The van der Waals surface area contributed by atoms with Crippen LogP contribution in [0.25, 0.3) is 61.2 Å². The second-order valence-electron chi connectivity index (χ2n) is 31.3. The first-order valence-corrected chi connectivity index (χ1v) is 39.6. The van der Waals surface area contributed by atoms with Crippen molar-refractivity contribution >= 4 is 16.7 Å². The maximum atomic E-state index is 7.14. The Bertz CT molecular complexity index is 6340. The van der Waals surface area contributed by atoms with E-state index >= 15 is 0 Å². The van der Waals surface area contributed by atoms with Gasteiger partial charge in [0.15, 0.2) is 16.8 Å². The molecule has 7 aliphatic rings. The van der Waals surface area contributed by atoms with Crippen LogP contribution >= 0.6 is 0 Å². The molecule has 3 heterocycles. The second kappa shape index (κ2) is 28.8. The minimum absolute atomic E-state index is 0.193. The van der Waals surface area contributed by atoms with Gasteiger partial charge in [0.1, 0.15) is 54.3 Å². The van der Waals surface area contributed by atoms with Gasteiger partial charge in [-0.2, -0.15) is 0 Å². The molecule has 0 aromatic heterocycles. The first-order chi connectivity index (χ1) is 56.8. The van der Waals surface area contributed by atoms with Gasteiger partial charge in [-0.05, 0) is 224 Å². The maximum absolute atomic E-state index is 7.14. The van der Waals surface area contributed by atoms with Crippen LogP contribution in [0.5, 0.6) is 34.5 Å². The maximum Gasteiger partial charge on any atom is 0.179 e. The van der Waals surface area contributed by atoms with Crippen LogP contribution in [-0.2, 0) is 34.1 Å². The first-order valence-electron chi connectivity index (χ1n) is 39.6. The molecule has 0 unspecified atom stereocenters. The number of hydrogen-bond donors (Lipinski definition) is 0. The first kappa shape index (κ1) is 72.1. The molecule has 14 aromatic rings. The topological polar surface area (TPSA) is 55.4 Å². The molecule has 6 nitrogen and oxygen atoms in total. The van der Waals surface area contributed by atoms with Gasteiger partial charge in [-0.3, -0.25) is 0 Å². The highest BCUT2D eigenvalue weighted by Crippen LogP contribution is 2.61. The molecule has 3 aliphatic heterocycles. The Labute approximate surface area is 679 Å². The summed E-state index contributed by atoms with van der Waals surface area (Å²) in [4.78, 5) is 0. The quantitative estimate of drug-likeness (QED) is 0.114. The highest BCUT2D eigenvalue weighted by Gasteiger charge is 2.51. The standard InChI is InChI=1S/C44H30O2.C34H28O2.C32H24O2/c1-3-26-45-32-23-20-30(21-24-32)44(40-18-10-6-14-35(40)36-15-7-11-19-41(36)44)31-22-25-42-37(27-31)29(2)28-43(46-42)38-16-8-4-12-33(38)34-13-5-9-17-39(34)43;1-5-20-35-26-17-14-24(15-18-26)33(3,4)25-16-19-32-29(21-25)23(2)22-34(36-32)30-12-8-6-10-27(30)28-11-7-9-13-31(28)34;1-3-18-33-25-15-12-23(13-16-25)19-24-14-17-31-28(20-24)22(2)21-32(34-31)29-10-6-4-8-26(29)27-9-5-7-11-30(27)32/h1,4-25,27-28H,26H2,2H3;1,6-19,21-22H,20H2,2-4H3;1,4-17,20-21H,18-19H2,2H3. The van der Waals surface area contributed by atoms with E-state index in [0.29, 0.717) is 0 Å². The third kappa shape index (κ3) is 11.7. The molecule has 4 aliphatic carbocycles. The number of fused-ring (bicyclic) bond motifs is 21. The monoisotopic (exact) mass is 1500 g/mol. The fourth-order valence-corrected chi connectivity index (χ4v) is 19.1. The molecule has 0 radical (unpaired) electrons. The molecule has 0 saturated heterocycles. The number of terminal acetylenes is 3. The summed E-state index contributed by atoms with van der Waals surface area (Å²) in [6.45, 7) is 11.9. The van der Waals surface area contributed by atoms with Gasteiger partial charge in [0.05, 0.1) is 5.41 Å². The Morgan fingerprint density at radius 1 is 0.284 bits per heavy atom. The third-order valence-electron chi connectivity index (χ3n) is 24.5. The highest BCUT2D eigenvalue weighted by atomic mass is 16.5. The zero-order valence-corrected chi connectivity index (χ0v) is 65.3. The average molecular weight is 1500 g/mol. The van der Waals surface area contributed by atoms with Crippen LogP contribution in [0.2, 0.25) is 0 Å². The largest absolute Gasteiger partial charge is 0.481 e. The fourth-order valence-electron chi connectivity index (χ4n) is 19.1. The molecule has 0 saturated carbocycles. The second-order valence-corrected chi connectivity index (χ2v) is 31.3. The molecule has 558 valence electrons. The lowest BCUT2D eigenvalue weighted by Crippen LogP contribution is -2.33. The van der Waals surface area contributed by atoms with E-state index in [-0.39, 0.29) is 25.2 Å². The van der Waals surface area contributed by atoms with E-state index < -0.39 is 22.2 Å². The Morgan fingerprint density at radius 3 is 0.948 bits per heavy atom. The molecule has 0 amide bonds. The van der Waals surface area contributed by atoms with E-state index in [1.54, 1.807) is 0 Å². The summed E-state index contributed by atoms with van der Waals surface area (Å²) in [6.07, 6.45) is 23.8. The lowest BCUT2D eigenvalue weighted by Gasteiger charge is -2.38. The van der Waals surface area contributed by atoms with Crippen molar-refractivity contribution in [1.29, 1.82) is 0 Å². The summed E-state index contributed by atoms with van der Waals surface area (Å²) >= 11 is 0. The van der Waals surface area contributed by atoms with E-state index in [2.05, 4.69) is 356 Å². The van der Waals surface area contributed by atoms with Crippen molar-refractivity contribution in [3.63, 3.8) is 0 Å². The van der Waals surface area contributed by atoms with Crippen LogP contribution < -0.4 is 28.4 Å². The summed E-state index contributed by atoms with van der Waals surface area (Å²) < 4.78 is 37.7. The zero-order valence-electron chi connectivity index (χ0n) is 65.3. The van der Waals surface area contributed by atoms with Gasteiger partial charge in [-0.1, -0.05) is 280 Å². The van der Waals surface area contributed by atoms with Crippen molar-refractivity contribution in [1.82, 2.24) is 0 Å². The van der Waals surface area contributed by atoms with Crippen molar-refractivity contribution in [3.8, 4) is 116 Å². The molecule has 0 bridgehead atoms. The number of allylic oxidation sites excluding steroid dienone is 3. The smallest absolute Gasteiger partial charge is 0.179 e. The van der Waals surface area contributed by atoms with Gasteiger partial charge >= 0.3 is 0 Å². The molecule has 0 fully saturated rings. The SMILES string of the molecule is C#CCOc1ccc(C(C)(C)c2ccc3c(c2)C(C)=CC2(O3)c3ccccc3-c3ccccc32)cc1.C#CCOc1ccc(C2(c3ccc4c(c3)C(C)=CC3(O4)c4ccccc4-c4ccccc43)c3ccccc3-c3ccccc32)cc1.C#CCOc1ccc(Cc2ccc3c(c2)C(C)=CC2(O3)c3ccccc3-c3ccccc32)cc1. The molecule has 116 heavy (non-hydrogen) atoms. The Morgan fingerprint density at radius 2 is 0.569 bits per heavy atom. The Hall–Kier alpha value is -14.2. The number of benzene rings is 14. The van der Waals surface area contributed by atoms with Gasteiger partial charge in [0.2, 0.25) is 0 Å². The molecular formula is C110H82O6. The molecule has 0 atom stereocenters. The van der Waals surface area contributed by atoms with Gasteiger partial charge in [-0.25, -0.2) is 0 Å². The molecule has 21 rings (SSSR count). The van der Waals surface area contributed by atoms with Crippen LogP contribution in [-0.4, -0.2) is 19.8 Å². The van der Waals surface area contributed by atoms with Crippen LogP contribution in [0.1, 0.15) is 129 Å². The molecule has 0 N–H and O–H groups in total.